The van der Waals surface area contributed by atoms with Gasteiger partial charge in [0.05, 0.1) is 0 Å². The van der Waals surface area contributed by atoms with Crippen LogP contribution in [0.3, 0.4) is 0 Å². The standard InChI is InChI=1S/C19H17FN4O/c1-13-6-7-14-4-2-3-5-17(14)24(13)19(25)15-8-9-18(16(20)10-15)23-12-21-11-22-23/h2-5,8-13H,6-7H2,1H3. The highest BCUT2D eigenvalue weighted by molar-refractivity contribution is 6.07. The molecule has 5 nitrogen and oxygen atoms in total. The minimum Gasteiger partial charge on any atom is -0.305 e. The van der Waals surface area contributed by atoms with Crippen LogP contribution in [0.1, 0.15) is 29.3 Å². The van der Waals surface area contributed by atoms with Crippen LogP contribution in [-0.2, 0) is 6.42 Å². The van der Waals surface area contributed by atoms with Crippen molar-refractivity contribution >= 4 is 11.6 Å². The summed E-state index contributed by atoms with van der Waals surface area (Å²) in [6.07, 6.45) is 4.59. The molecule has 2 heterocycles. The van der Waals surface area contributed by atoms with Gasteiger partial charge in [-0.3, -0.25) is 4.79 Å². The lowest BCUT2D eigenvalue weighted by molar-refractivity contribution is 0.0975. The van der Waals surface area contributed by atoms with Crippen molar-refractivity contribution < 1.29 is 9.18 Å². The smallest absolute Gasteiger partial charge is 0.258 e. The third-order valence-electron chi connectivity index (χ3n) is 4.60. The van der Waals surface area contributed by atoms with E-state index in [4.69, 9.17) is 0 Å². The summed E-state index contributed by atoms with van der Waals surface area (Å²) >= 11 is 0. The predicted molar refractivity (Wildman–Crippen MR) is 92.4 cm³/mol. The lowest BCUT2D eigenvalue weighted by atomic mass is 9.95. The van der Waals surface area contributed by atoms with Gasteiger partial charge in [0.2, 0.25) is 0 Å². The fourth-order valence-corrected chi connectivity index (χ4v) is 3.30. The molecule has 0 aliphatic carbocycles. The molecule has 2 aromatic carbocycles. The maximum Gasteiger partial charge on any atom is 0.258 e. The molecular weight excluding hydrogens is 319 g/mol. The van der Waals surface area contributed by atoms with Crippen molar-refractivity contribution in [2.45, 2.75) is 25.8 Å². The van der Waals surface area contributed by atoms with Gasteiger partial charge in [-0.25, -0.2) is 14.1 Å². The van der Waals surface area contributed by atoms with Gasteiger partial charge in [0, 0.05) is 17.3 Å². The quantitative estimate of drug-likeness (QED) is 0.721. The van der Waals surface area contributed by atoms with Crippen LogP contribution in [0.5, 0.6) is 0 Å². The summed E-state index contributed by atoms with van der Waals surface area (Å²) in [5.74, 6) is -0.696. The van der Waals surface area contributed by atoms with Crippen LogP contribution in [0.4, 0.5) is 10.1 Å². The van der Waals surface area contributed by atoms with Gasteiger partial charge in [-0.2, -0.15) is 5.10 Å². The molecule has 0 bridgehead atoms. The zero-order chi connectivity index (χ0) is 17.4. The van der Waals surface area contributed by atoms with Crippen LogP contribution in [0, 0.1) is 5.82 Å². The van der Waals surface area contributed by atoms with Crippen molar-refractivity contribution in [1.82, 2.24) is 14.8 Å². The van der Waals surface area contributed by atoms with Crippen molar-refractivity contribution in [3.63, 3.8) is 0 Å². The van der Waals surface area contributed by atoms with Gasteiger partial charge in [0.15, 0.2) is 0 Å². The summed E-state index contributed by atoms with van der Waals surface area (Å²) in [6, 6.07) is 12.4. The summed E-state index contributed by atoms with van der Waals surface area (Å²) in [5, 5.41) is 3.92. The van der Waals surface area contributed by atoms with E-state index in [2.05, 4.69) is 10.1 Å². The van der Waals surface area contributed by atoms with E-state index in [9.17, 15) is 9.18 Å². The highest BCUT2D eigenvalue weighted by atomic mass is 19.1. The largest absolute Gasteiger partial charge is 0.305 e. The van der Waals surface area contributed by atoms with Crippen molar-refractivity contribution in [2.75, 3.05) is 4.90 Å². The molecule has 0 saturated heterocycles. The first-order valence-corrected chi connectivity index (χ1v) is 8.21. The molecule has 25 heavy (non-hydrogen) atoms. The first-order valence-electron chi connectivity index (χ1n) is 8.21. The molecule has 0 fully saturated rings. The summed E-state index contributed by atoms with van der Waals surface area (Å²) in [7, 11) is 0. The van der Waals surface area contributed by atoms with Crippen LogP contribution in [-0.4, -0.2) is 26.7 Å². The third kappa shape index (κ3) is 2.69. The average Bonchev–Trinajstić information content (AvgIpc) is 3.15. The van der Waals surface area contributed by atoms with Crippen LogP contribution in [0.25, 0.3) is 5.69 Å². The number of anilines is 1. The molecule has 1 atom stereocenters. The fraction of sp³-hybridized carbons (Fsp3) is 0.211. The molecule has 0 N–H and O–H groups in total. The number of aromatic nitrogens is 3. The average molecular weight is 336 g/mol. The normalized spacial score (nSPS) is 16.6. The van der Waals surface area contributed by atoms with E-state index in [1.807, 2.05) is 31.2 Å². The number of rotatable bonds is 2. The van der Waals surface area contributed by atoms with Crippen molar-refractivity contribution in [3.05, 3.63) is 72.1 Å². The summed E-state index contributed by atoms with van der Waals surface area (Å²) in [4.78, 5) is 18.6. The van der Waals surface area contributed by atoms with E-state index in [-0.39, 0.29) is 17.6 Å². The second-order valence-corrected chi connectivity index (χ2v) is 6.20. The van der Waals surface area contributed by atoms with Gasteiger partial charge >= 0.3 is 0 Å². The number of benzene rings is 2. The predicted octanol–water partition coefficient (Wildman–Crippen LogP) is 3.39. The monoisotopic (exact) mass is 336 g/mol. The van der Waals surface area contributed by atoms with E-state index in [0.29, 0.717) is 5.56 Å². The van der Waals surface area contributed by atoms with E-state index in [1.165, 1.54) is 23.4 Å². The van der Waals surface area contributed by atoms with E-state index in [0.717, 1.165) is 24.1 Å². The summed E-state index contributed by atoms with van der Waals surface area (Å²) < 4.78 is 15.8. The fourth-order valence-electron chi connectivity index (χ4n) is 3.30. The molecule has 1 unspecified atom stereocenters. The lowest BCUT2D eigenvalue weighted by Crippen LogP contribution is -2.42. The summed E-state index contributed by atoms with van der Waals surface area (Å²) in [6.45, 7) is 2.02. The van der Waals surface area contributed by atoms with E-state index < -0.39 is 5.82 Å². The number of fused-ring (bicyclic) bond motifs is 1. The SMILES string of the molecule is CC1CCc2ccccc2N1C(=O)c1ccc(-n2cncn2)c(F)c1. The molecule has 0 radical (unpaired) electrons. The zero-order valence-corrected chi connectivity index (χ0v) is 13.8. The van der Waals surface area contributed by atoms with Crippen LogP contribution in [0.15, 0.2) is 55.1 Å². The van der Waals surface area contributed by atoms with Gasteiger partial charge in [-0.15, -0.1) is 0 Å². The summed E-state index contributed by atoms with van der Waals surface area (Å²) in [5.41, 5.74) is 2.65. The third-order valence-corrected chi connectivity index (χ3v) is 4.60. The Labute approximate surface area is 144 Å². The van der Waals surface area contributed by atoms with Gasteiger partial charge in [-0.1, -0.05) is 18.2 Å². The molecule has 4 rings (SSSR count). The molecule has 3 aromatic rings. The van der Waals surface area contributed by atoms with E-state index in [1.54, 1.807) is 17.0 Å². The Morgan fingerprint density at radius 3 is 2.80 bits per heavy atom. The lowest BCUT2D eigenvalue weighted by Gasteiger charge is -2.35. The minimum absolute atomic E-state index is 0.0699. The number of nitrogens with zero attached hydrogens (tertiary/aromatic N) is 4. The highest BCUT2D eigenvalue weighted by Crippen LogP contribution is 2.32. The molecule has 1 aromatic heterocycles. The molecule has 1 amide bonds. The number of para-hydroxylation sites is 1. The maximum atomic E-state index is 14.5. The minimum atomic E-state index is -0.505. The number of hydrogen-bond donors (Lipinski definition) is 0. The Morgan fingerprint density at radius 1 is 1.20 bits per heavy atom. The Kier molecular flexibility index (Phi) is 3.80. The van der Waals surface area contributed by atoms with Gasteiger partial charge < -0.3 is 4.90 Å². The first-order chi connectivity index (χ1) is 12.1. The zero-order valence-electron chi connectivity index (χ0n) is 13.8. The van der Waals surface area contributed by atoms with Crippen LogP contribution >= 0.6 is 0 Å². The molecule has 0 spiro atoms. The Hall–Kier alpha value is -3.02. The molecule has 0 saturated carbocycles. The maximum absolute atomic E-state index is 14.5. The molecule has 6 heteroatoms. The van der Waals surface area contributed by atoms with Crippen molar-refractivity contribution in [2.24, 2.45) is 0 Å². The second-order valence-electron chi connectivity index (χ2n) is 6.20. The number of carbonyl (C=O) groups excluding carboxylic acids is 1. The topological polar surface area (TPSA) is 51.0 Å². The number of hydrogen-bond acceptors (Lipinski definition) is 3. The van der Waals surface area contributed by atoms with Crippen LogP contribution < -0.4 is 4.90 Å². The molecule has 126 valence electrons. The van der Waals surface area contributed by atoms with E-state index >= 15 is 0 Å². The molecular formula is C19H17FN4O. The highest BCUT2D eigenvalue weighted by Gasteiger charge is 2.29. The number of aryl methyl sites for hydroxylation is 1. The number of carbonyl (C=O) groups is 1. The number of halogens is 1. The Balaban J connectivity index is 1.71. The van der Waals surface area contributed by atoms with Crippen molar-refractivity contribution in [1.29, 1.82) is 0 Å². The van der Waals surface area contributed by atoms with Gasteiger partial charge in [0.1, 0.15) is 24.2 Å². The first kappa shape index (κ1) is 15.5. The molecule has 1 aliphatic rings. The Morgan fingerprint density at radius 2 is 2.04 bits per heavy atom. The van der Waals surface area contributed by atoms with Crippen LogP contribution in [0.2, 0.25) is 0 Å². The van der Waals surface area contributed by atoms with Gasteiger partial charge in [-0.05, 0) is 49.6 Å². The molecule has 1 aliphatic heterocycles. The number of amides is 1. The van der Waals surface area contributed by atoms with Gasteiger partial charge in [0.25, 0.3) is 5.91 Å². The second kappa shape index (κ2) is 6.12. The van der Waals surface area contributed by atoms with Crippen molar-refractivity contribution in [3.8, 4) is 5.69 Å². The Bertz CT molecular complexity index is 923.